The number of fused-ring (bicyclic) bond motifs is 1. The molecule has 0 spiro atoms. The Labute approximate surface area is 140 Å². The van der Waals surface area contributed by atoms with Crippen LogP contribution in [0.4, 0.5) is 0 Å². The second-order valence-corrected chi connectivity index (χ2v) is 5.24. The van der Waals surface area contributed by atoms with E-state index in [-0.39, 0.29) is 11.4 Å². The Morgan fingerprint density at radius 1 is 1.08 bits per heavy atom. The Morgan fingerprint density at radius 2 is 1.79 bits per heavy atom. The van der Waals surface area contributed by atoms with Crippen LogP contribution < -0.4 is 4.74 Å². The summed E-state index contributed by atoms with van der Waals surface area (Å²) in [6, 6.07) is 18.3. The minimum Gasteiger partial charge on any atom is -0.457 e. The van der Waals surface area contributed by atoms with E-state index in [2.05, 4.69) is 6.07 Å². The summed E-state index contributed by atoms with van der Waals surface area (Å²) in [6.45, 7) is 1.88. The summed E-state index contributed by atoms with van der Waals surface area (Å²) >= 11 is 0. The molecule has 0 saturated heterocycles. The average molecular weight is 313 g/mol. The topological polar surface area (TPSA) is 50.1 Å². The number of carbonyl (C=O) groups excluding carboxylic acids is 1. The van der Waals surface area contributed by atoms with Crippen LogP contribution in [0.25, 0.3) is 5.57 Å². The Kier molecular flexibility index (Phi) is 4.40. The average Bonchev–Trinajstić information content (AvgIpc) is 2.63. The Morgan fingerprint density at radius 3 is 2.50 bits per heavy atom. The SMILES string of the molecule is C/C=C/C1=CC(=C(/C#N)C(=O)c2ccccc2)/c2ccccc2O1. The number of carbonyl (C=O) groups is 1. The van der Waals surface area contributed by atoms with Gasteiger partial charge in [-0.25, -0.2) is 0 Å². The van der Waals surface area contributed by atoms with Gasteiger partial charge in [-0.15, -0.1) is 0 Å². The molecule has 3 heteroatoms. The molecule has 0 amide bonds. The molecular weight excluding hydrogens is 298 g/mol. The van der Waals surface area contributed by atoms with Crippen molar-refractivity contribution >= 4 is 11.4 Å². The summed E-state index contributed by atoms with van der Waals surface area (Å²) in [4.78, 5) is 12.8. The van der Waals surface area contributed by atoms with E-state index in [1.54, 1.807) is 36.4 Å². The molecule has 116 valence electrons. The third-order valence-corrected chi connectivity index (χ3v) is 3.67. The van der Waals surface area contributed by atoms with Crippen molar-refractivity contribution in [2.75, 3.05) is 0 Å². The number of Topliss-reactive ketones (excluding diaryl/α,β-unsaturated/α-hetero) is 1. The van der Waals surface area contributed by atoms with Crippen molar-refractivity contribution in [3.63, 3.8) is 0 Å². The maximum Gasteiger partial charge on any atom is 0.204 e. The van der Waals surface area contributed by atoms with E-state index in [9.17, 15) is 10.1 Å². The molecule has 0 atom stereocenters. The van der Waals surface area contributed by atoms with Gasteiger partial charge in [-0.3, -0.25) is 4.79 Å². The summed E-state index contributed by atoms with van der Waals surface area (Å²) in [5, 5.41) is 9.63. The summed E-state index contributed by atoms with van der Waals surface area (Å²) < 4.78 is 5.80. The first-order valence-corrected chi connectivity index (χ1v) is 7.60. The first kappa shape index (κ1) is 15.5. The second kappa shape index (κ2) is 6.80. The summed E-state index contributed by atoms with van der Waals surface area (Å²) in [5.74, 6) is 0.942. The monoisotopic (exact) mass is 313 g/mol. The van der Waals surface area contributed by atoms with Gasteiger partial charge >= 0.3 is 0 Å². The fourth-order valence-electron chi connectivity index (χ4n) is 2.58. The van der Waals surface area contributed by atoms with Gasteiger partial charge in [0.05, 0.1) is 0 Å². The van der Waals surface area contributed by atoms with Crippen LogP contribution in [0.3, 0.4) is 0 Å². The normalized spacial score (nSPS) is 15.1. The molecule has 3 nitrogen and oxygen atoms in total. The smallest absolute Gasteiger partial charge is 0.204 e. The number of hydrogen-bond donors (Lipinski definition) is 0. The third-order valence-electron chi connectivity index (χ3n) is 3.67. The van der Waals surface area contributed by atoms with Crippen LogP contribution in [-0.4, -0.2) is 5.78 Å². The number of benzene rings is 2. The third kappa shape index (κ3) is 2.90. The number of ether oxygens (including phenoxy) is 1. The van der Waals surface area contributed by atoms with Crippen molar-refractivity contribution in [2.45, 2.75) is 6.92 Å². The molecule has 0 N–H and O–H groups in total. The van der Waals surface area contributed by atoms with Crippen molar-refractivity contribution in [3.05, 3.63) is 95.3 Å². The highest BCUT2D eigenvalue weighted by atomic mass is 16.5. The molecule has 1 aliphatic heterocycles. The molecule has 1 heterocycles. The first-order valence-electron chi connectivity index (χ1n) is 7.60. The second-order valence-electron chi connectivity index (χ2n) is 5.24. The maximum absolute atomic E-state index is 12.8. The van der Waals surface area contributed by atoms with Crippen molar-refractivity contribution in [1.82, 2.24) is 0 Å². The zero-order valence-corrected chi connectivity index (χ0v) is 13.2. The van der Waals surface area contributed by atoms with Crippen LogP contribution in [0.5, 0.6) is 5.75 Å². The van der Waals surface area contributed by atoms with Gasteiger partial charge < -0.3 is 4.74 Å². The zero-order chi connectivity index (χ0) is 16.9. The van der Waals surface area contributed by atoms with E-state index in [0.717, 1.165) is 5.56 Å². The van der Waals surface area contributed by atoms with Gasteiger partial charge in [0.1, 0.15) is 23.2 Å². The van der Waals surface area contributed by atoms with E-state index >= 15 is 0 Å². The van der Waals surface area contributed by atoms with Gasteiger partial charge in [-0.05, 0) is 25.1 Å². The predicted octanol–water partition coefficient (Wildman–Crippen LogP) is 4.70. The van der Waals surface area contributed by atoms with Crippen molar-refractivity contribution in [2.24, 2.45) is 0 Å². The number of nitriles is 1. The lowest BCUT2D eigenvalue weighted by molar-refractivity contribution is 0.103. The van der Waals surface area contributed by atoms with Crippen LogP contribution in [-0.2, 0) is 0 Å². The van der Waals surface area contributed by atoms with Crippen LogP contribution in [0.1, 0.15) is 22.8 Å². The Hall–Kier alpha value is -3.38. The molecule has 0 aromatic heterocycles. The summed E-state index contributed by atoms with van der Waals surface area (Å²) in [6.07, 6.45) is 5.39. The molecule has 0 radical (unpaired) electrons. The molecule has 2 aromatic rings. The Balaban J connectivity index is 2.21. The van der Waals surface area contributed by atoms with E-state index in [0.29, 0.717) is 22.6 Å². The maximum atomic E-state index is 12.8. The van der Waals surface area contributed by atoms with Gasteiger partial charge in [-0.2, -0.15) is 5.26 Å². The molecule has 0 fully saturated rings. The number of hydrogen-bond acceptors (Lipinski definition) is 3. The number of nitrogens with zero attached hydrogens (tertiary/aromatic N) is 1. The van der Waals surface area contributed by atoms with Gasteiger partial charge in [-0.1, -0.05) is 54.6 Å². The van der Waals surface area contributed by atoms with Crippen molar-refractivity contribution in [3.8, 4) is 11.8 Å². The van der Waals surface area contributed by atoms with Crippen LogP contribution in [0.2, 0.25) is 0 Å². The quantitative estimate of drug-likeness (QED) is 0.469. The molecule has 0 saturated carbocycles. The lowest BCUT2D eigenvalue weighted by Crippen LogP contribution is -2.09. The molecular formula is C21H15NO2. The zero-order valence-electron chi connectivity index (χ0n) is 13.2. The van der Waals surface area contributed by atoms with Gasteiger partial charge in [0.25, 0.3) is 0 Å². The van der Waals surface area contributed by atoms with Crippen LogP contribution in [0.15, 0.2) is 84.2 Å². The van der Waals surface area contributed by atoms with E-state index in [1.165, 1.54) is 0 Å². The Bertz CT molecular complexity index is 912. The highest BCUT2D eigenvalue weighted by Gasteiger charge is 2.23. The molecule has 24 heavy (non-hydrogen) atoms. The summed E-state index contributed by atoms with van der Waals surface area (Å²) in [5.41, 5.74) is 1.93. The van der Waals surface area contributed by atoms with E-state index < -0.39 is 0 Å². The van der Waals surface area contributed by atoms with E-state index in [4.69, 9.17) is 4.74 Å². The minimum absolute atomic E-state index is 0.110. The minimum atomic E-state index is -0.291. The molecule has 0 aliphatic carbocycles. The highest BCUT2D eigenvalue weighted by molar-refractivity contribution is 6.17. The van der Waals surface area contributed by atoms with E-state index in [1.807, 2.05) is 43.3 Å². The number of rotatable bonds is 3. The fourth-order valence-corrected chi connectivity index (χ4v) is 2.58. The molecule has 1 aliphatic rings. The van der Waals surface area contributed by atoms with Gasteiger partial charge in [0, 0.05) is 16.7 Å². The lowest BCUT2D eigenvalue weighted by atomic mass is 9.92. The number of allylic oxidation sites excluding steroid dienone is 5. The van der Waals surface area contributed by atoms with Gasteiger partial charge in [0.2, 0.25) is 5.78 Å². The number of para-hydroxylation sites is 1. The molecule has 3 rings (SSSR count). The number of ketones is 1. The molecule has 2 aromatic carbocycles. The summed E-state index contributed by atoms with van der Waals surface area (Å²) in [7, 11) is 0. The van der Waals surface area contributed by atoms with Gasteiger partial charge in [0.15, 0.2) is 0 Å². The first-order chi connectivity index (χ1) is 11.7. The van der Waals surface area contributed by atoms with Crippen LogP contribution >= 0.6 is 0 Å². The van der Waals surface area contributed by atoms with Crippen molar-refractivity contribution in [1.29, 1.82) is 5.26 Å². The lowest BCUT2D eigenvalue weighted by Gasteiger charge is -2.19. The highest BCUT2D eigenvalue weighted by Crippen LogP contribution is 2.36. The fraction of sp³-hybridized carbons (Fsp3) is 0.0476. The van der Waals surface area contributed by atoms with Crippen molar-refractivity contribution < 1.29 is 9.53 Å². The molecule has 0 unspecified atom stereocenters. The predicted molar refractivity (Wildman–Crippen MR) is 93.3 cm³/mol. The standard InChI is InChI=1S/C21H15NO2/c1-2-8-16-13-18(17-11-6-7-12-20(17)24-16)19(14-22)21(23)15-9-4-3-5-10-15/h2-13H,1H3/b8-2+,19-18+. The largest absolute Gasteiger partial charge is 0.457 e. The van der Waals surface area contributed by atoms with Crippen LogP contribution in [0, 0.1) is 11.3 Å². The molecule has 0 bridgehead atoms.